The molecule has 26 heavy (non-hydrogen) atoms. The molecule has 1 saturated heterocycles. The highest BCUT2D eigenvalue weighted by atomic mass is 19.1. The average molecular weight is 367 g/mol. The molecule has 7 nitrogen and oxygen atoms in total. The molecule has 0 spiro atoms. The third kappa shape index (κ3) is 4.92. The fourth-order valence-electron chi connectivity index (χ4n) is 3.19. The van der Waals surface area contributed by atoms with Crippen molar-refractivity contribution in [3.8, 4) is 5.75 Å². The highest BCUT2D eigenvalue weighted by Crippen LogP contribution is 2.26. The standard InChI is InChI=1S/C18H26FN3O4/c1-21(9-6-16(20)23)12-18(25)7-3-8-22(17(18)24)11-13-10-14(26-2)4-5-15(13)19/h4-5,10,25H,3,6-9,11-12H2,1-2H3,(H2,20,23). The lowest BCUT2D eigenvalue weighted by atomic mass is 9.90. The number of aliphatic hydroxyl groups is 1. The molecule has 0 aliphatic carbocycles. The van der Waals surface area contributed by atoms with Gasteiger partial charge in [-0.3, -0.25) is 9.59 Å². The Balaban J connectivity index is 2.07. The van der Waals surface area contributed by atoms with Crippen LogP contribution in [0.4, 0.5) is 4.39 Å². The number of halogens is 1. The molecule has 3 N–H and O–H groups in total. The molecule has 1 aliphatic rings. The van der Waals surface area contributed by atoms with Crippen LogP contribution < -0.4 is 10.5 Å². The number of ether oxygens (including phenoxy) is 1. The smallest absolute Gasteiger partial charge is 0.256 e. The molecule has 144 valence electrons. The van der Waals surface area contributed by atoms with Crippen molar-refractivity contribution in [3.05, 3.63) is 29.6 Å². The largest absolute Gasteiger partial charge is 0.497 e. The fraction of sp³-hybridized carbons (Fsp3) is 0.556. The van der Waals surface area contributed by atoms with E-state index in [1.807, 2.05) is 0 Å². The molecule has 1 atom stereocenters. The minimum Gasteiger partial charge on any atom is -0.497 e. The number of hydrogen-bond acceptors (Lipinski definition) is 5. The van der Waals surface area contributed by atoms with Gasteiger partial charge in [0, 0.05) is 38.2 Å². The van der Waals surface area contributed by atoms with Gasteiger partial charge >= 0.3 is 0 Å². The number of likely N-dealkylation sites (N-methyl/N-ethyl adjacent to an activating group) is 1. The number of likely N-dealkylation sites (tertiary alicyclic amines) is 1. The number of nitrogens with two attached hydrogens (primary N) is 1. The van der Waals surface area contributed by atoms with E-state index in [4.69, 9.17) is 10.5 Å². The zero-order chi connectivity index (χ0) is 19.3. The lowest BCUT2D eigenvalue weighted by molar-refractivity contribution is -0.159. The summed E-state index contributed by atoms with van der Waals surface area (Å²) in [7, 11) is 3.21. The number of primary amides is 1. The van der Waals surface area contributed by atoms with Gasteiger partial charge in [0.15, 0.2) is 5.60 Å². The molecule has 1 unspecified atom stereocenters. The minimum atomic E-state index is -1.56. The number of carbonyl (C=O) groups excluding carboxylic acids is 2. The Labute approximate surface area is 152 Å². The molecule has 2 amide bonds. The van der Waals surface area contributed by atoms with Gasteiger partial charge in [-0.05, 0) is 38.1 Å². The van der Waals surface area contributed by atoms with Crippen molar-refractivity contribution < 1.29 is 23.8 Å². The predicted octanol–water partition coefficient (Wildman–Crippen LogP) is 0.495. The van der Waals surface area contributed by atoms with Crippen LogP contribution in [0.1, 0.15) is 24.8 Å². The molecule has 1 heterocycles. The summed E-state index contributed by atoms with van der Waals surface area (Å²) in [5, 5.41) is 10.8. The number of hydrogen-bond donors (Lipinski definition) is 2. The van der Waals surface area contributed by atoms with Gasteiger partial charge in [-0.1, -0.05) is 0 Å². The first kappa shape index (κ1) is 20.1. The monoisotopic (exact) mass is 367 g/mol. The van der Waals surface area contributed by atoms with Crippen LogP contribution in [0, 0.1) is 5.82 Å². The van der Waals surface area contributed by atoms with Crippen LogP contribution in [0.25, 0.3) is 0 Å². The van der Waals surface area contributed by atoms with E-state index in [-0.39, 0.29) is 19.5 Å². The molecule has 1 aromatic carbocycles. The zero-order valence-electron chi connectivity index (χ0n) is 15.2. The molecule has 0 saturated carbocycles. The van der Waals surface area contributed by atoms with Crippen molar-refractivity contribution in [1.82, 2.24) is 9.80 Å². The van der Waals surface area contributed by atoms with Crippen molar-refractivity contribution in [2.24, 2.45) is 5.73 Å². The second-order valence-corrected chi connectivity index (χ2v) is 6.77. The number of methoxy groups -OCH3 is 1. The van der Waals surface area contributed by atoms with Gasteiger partial charge in [0.1, 0.15) is 11.6 Å². The summed E-state index contributed by atoms with van der Waals surface area (Å²) in [4.78, 5) is 26.9. The van der Waals surface area contributed by atoms with Crippen LogP contribution >= 0.6 is 0 Å². The van der Waals surface area contributed by atoms with Crippen LogP contribution in [-0.4, -0.2) is 66.1 Å². The van der Waals surface area contributed by atoms with Crippen molar-refractivity contribution >= 4 is 11.8 Å². The molecule has 0 radical (unpaired) electrons. The van der Waals surface area contributed by atoms with Gasteiger partial charge in [-0.2, -0.15) is 0 Å². The number of carbonyl (C=O) groups is 2. The maximum absolute atomic E-state index is 14.1. The number of amides is 2. The van der Waals surface area contributed by atoms with E-state index >= 15 is 0 Å². The van der Waals surface area contributed by atoms with Gasteiger partial charge in [0.2, 0.25) is 5.91 Å². The Morgan fingerprint density at radius 1 is 1.50 bits per heavy atom. The van der Waals surface area contributed by atoms with E-state index in [2.05, 4.69) is 0 Å². The van der Waals surface area contributed by atoms with E-state index in [0.717, 1.165) is 0 Å². The summed E-state index contributed by atoms with van der Waals surface area (Å²) in [5.74, 6) is -0.788. The Bertz CT molecular complexity index is 670. The molecule has 1 fully saturated rings. The molecular weight excluding hydrogens is 341 g/mol. The number of nitrogens with zero attached hydrogens (tertiary/aromatic N) is 2. The summed E-state index contributed by atoms with van der Waals surface area (Å²) in [6, 6.07) is 4.36. The molecular formula is C18H26FN3O4. The predicted molar refractivity (Wildman–Crippen MR) is 93.9 cm³/mol. The lowest BCUT2D eigenvalue weighted by Gasteiger charge is -2.40. The quantitative estimate of drug-likeness (QED) is 0.697. The Morgan fingerprint density at radius 2 is 2.23 bits per heavy atom. The first-order valence-corrected chi connectivity index (χ1v) is 8.56. The maximum atomic E-state index is 14.1. The molecule has 2 rings (SSSR count). The normalized spacial score (nSPS) is 20.5. The highest BCUT2D eigenvalue weighted by Gasteiger charge is 2.42. The third-order valence-corrected chi connectivity index (χ3v) is 4.59. The van der Waals surface area contributed by atoms with Crippen LogP contribution in [0.15, 0.2) is 18.2 Å². The second kappa shape index (κ2) is 8.46. The molecule has 8 heteroatoms. The average Bonchev–Trinajstić information content (AvgIpc) is 2.59. The van der Waals surface area contributed by atoms with E-state index in [0.29, 0.717) is 37.2 Å². The van der Waals surface area contributed by atoms with E-state index in [1.54, 1.807) is 18.0 Å². The van der Waals surface area contributed by atoms with Crippen molar-refractivity contribution in [3.63, 3.8) is 0 Å². The zero-order valence-corrected chi connectivity index (χ0v) is 15.2. The van der Waals surface area contributed by atoms with Gasteiger partial charge in [-0.25, -0.2) is 4.39 Å². The molecule has 1 aromatic rings. The topological polar surface area (TPSA) is 96.1 Å². The Hall–Kier alpha value is -2.19. The Morgan fingerprint density at radius 3 is 2.88 bits per heavy atom. The Kier molecular flexibility index (Phi) is 6.55. The maximum Gasteiger partial charge on any atom is 0.256 e. The van der Waals surface area contributed by atoms with Crippen molar-refractivity contribution in [2.45, 2.75) is 31.4 Å². The van der Waals surface area contributed by atoms with Gasteiger partial charge < -0.3 is 25.4 Å². The molecule has 0 aromatic heterocycles. The van der Waals surface area contributed by atoms with Gasteiger partial charge in [0.25, 0.3) is 5.91 Å². The van der Waals surface area contributed by atoms with Crippen LogP contribution in [0.3, 0.4) is 0 Å². The summed E-state index contributed by atoms with van der Waals surface area (Å²) < 4.78 is 19.2. The second-order valence-electron chi connectivity index (χ2n) is 6.77. The van der Waals surface area contributed by atoms with Crippen LogP contribution in [0.2, 0.25) is 0 Å². The minimum absolute atomic E-state index is 0.0647. The van der Waals surface area contributed by atoms with Gasteiger partial charge in [-0.15, -0.1) is 0 Å². The highest BCUT2D eigenvalue weighted by molar-refractivity contribution is 5.86. The third-order valence-electron chi connectivity index (χ3n) is 4.59. The molecule has 0 bridgehead atoms. The van der Waals surface area contributed by atoms with E-state index in [9.17, 15) is 19.1 Å². The lowest BCUT2D eigenvalue weighted by Crippen LogP contribution is -2.58. The van der Waals surface area contributed by atoms with Crippen molar-refractivity contribution in [1.29, 1.82) is 0 Å². The van der Waals surface area contributed by atoms with Crippen molar-refractivity contribution in [2.75, 3.05) is 33.8 Å². The SMILES string of the molecule is COc1ccc(F)c(CN2CCCC(O)(CN(C)CCC(N)=O)C2=O)c1. The number of rotatable bonds is 8. The summed E-state index contributed by atoms with van der Waals surface area (Å²) >= 11 is 0. The first-order chi connectivity index (χ1) is 12.2. The number of piperidine rings is 1. The summed E-state index contributed by atoms with van der Waals surface area (Å²) in [6.45, 7) is 0.962. The van der Waals surface area contributed by atoms with Crippen LogP contribution in [0.5, 0.6) is 5.75 Å². The fourth-order valence-corrected chi connectivity index (χ4v) is 3.19. The molecule has 1 aliphatic heterocycles. The van der Waals surface area contributed by atoms with Gasteiger partial charge in [0.05, 0.1) is 7.11 Å². The first-order valence-electron chi connectivity index (χ1n) is 8.56. The summed E-state index contributed by atoms with van der Waals surface area (Å²) in [6.07, 6.45) is 1.08. The number of benzene rings is 1. The van der Waals surface area contributed by atoms with Crippen LogP contribution in [-0.2, 0) is 16.1 Å². The van der Waals surface area contributed by atoms with E-state index < -0.39 is 23.2 Å². The van der Waals surface area contributed by atoms with E-state index in [1.165, 1.54) is 24.1 Å². The summed E-state index contributed by atoms with van der Waals surface area (Å²) in [5.41, 5.74) is 3.91.